The Morgan fingerprint density at radius 2 is 1.96 bits per heavy atom. The largest absolute Gasteiger partial charge is 0.243 e. The third-order valence-electron chi connectivity index (χ3n) is 3.90. The molecule has 1 unspecified atom stereocenters. The molecule has 0 radical (unpaired) electrons. The van der Waals surface area contributed by atoms with Crippen LogP contribution >= 0.6 is 0 Å². The molecule has 0 aliphatic carbocycles. The van der Waals surface area contributed by atoms with Gasteiger partial charge in [0.05, 0.1) is 16.5 Å². The Morgan fingerprint density at radius 3 is 2.54 bits per heavy atom. The number of benzene rings is 1. The third-order valence-corrected chi connectivity index (χ3v) is 6.78. The zero-order valence-electron chi connectivity index (χ0n) is 13.1. The predicted octanol–water partition coefficient (Wildman–Crippen LogP) is 1.02. The van der Waals surface area contributed by atoms with Gasteiger partial charge in [-0.05, 0) is 43.0 Å². The Balaban J connectivity index is 2.10. The van der Waals surface area contributed by atoms with Crippen LogP contribution in [-0.4, -0.2) is 40.8 Å². The van der Waals surface area contributed by atoms with Gasteiger partial charge in [-0.15, -0.1) is 0 Å². The number of piperidine rings is 1. The van der Waals surface area contributed by atoms with E-state index in [-0.39, 0.29) is 23.9 Å². The molecule has 1 fully saturated rings. The molecule has 0 amide bonds. The molecule has 1 aliphatic rings. The molecule has 130 valence electrons. The molecule has 1 N–H and O–H groups in total. The third kappa shape index (κ3) is 4.42. The lowest BCUT2D eigenvalue weighted by molar-refractivity contribution is 0.267. The van der Waals surface area contributed by atoms with Gasteiger partial charge in [-0.3, -0.25) is 0 Å². The minimum atomic E-state index is -3.65. The highest BCUT2D eigenvalue weighted by Crippen LogP contribution is 2.23. The first-order chi connectivity index (χ1) is 11.3. The van der Waals surface area contributed by atoms with Crippen LogP contribution in [0.5, 0.6) is 0 Å². The average Bonchev–Trinajstić information content (AvgIpc) is 2.60. The highest BCUT2D eigenvalue weighted by molar-refractivity contribution is 7.92. The van der Waals surface area contributed by atoms with Crippen LogP contribution in [0, 0.1) is 17.2 Å². The minimum absolute atomic E-state index is 0.0957. The lowest BCUT2D eigenvalue weighted by atomic mass is 10.0. The van der Waals surface area contributed by atoms with Gasteiger partial charge in [-0.2, -0.15) is 9.57 Å². The number of nitriles is 1. The molecule has 0 bridgehead atoms. The summed E-state index contributed by atoms with van der Waals surface area (Å²) >= 11 is 0. The van der Waals surface area contributed by atoms with Crippen LogP contribution in [0.25, 0.3) is 0 Å². The van der Waals surface area contributed by atoms with Gasteiger partial charge in [-0.1, -0.05) is 6.58 Å². The molecule has 7 nitrogen and oxygen atoms in total. The van der Waals surface area contributed by atoms with E-state index in [0.29, 0.717) is 18.5 Å². The fourth-order valence-electron chi connectivity index (χ4n) is 2.56. The predicted molar refractivity (Wildman–Crippen MR) is 89.8 cm³/mol. The molecule has 24 heavy (non-hydrogen) atoms. The summed E-state index contributed by atoms with van der Waals surface area (Å²) in [6.45, 7) is 4.05. The zero-order valence-corrected chi connectivity index (χ0v) is 14.7. The Labute approximate surface area is 142 Å². The molecule has 1 saturated heterocycles. The van der Waals surface area contributed by atoms with E-state index in [0.717, 1.165) is 11.8 Å². The summed E-state index contributed by atoms with van der Waals surface area (Å²) in [4.78, 5) is 0.133. The van der Waals surface area contributed by atoms with E-state index in [1.54, 1.807) is 0 Å². The maximum atomic E-state index is 12.7. The van der Waals surface area contributed by atoms with Gasteiger partial charge in [0.25, 0.3) is 0 Å². The molecule has 2 rings (SSSR count). The zero-order chi connectivity index (χ0) is 17.8. The maximum absolute atomic E-state index is 12.7. The van der Waals surface area contributed by atoms with Gasteiger partial charge in [-0.25, -0.2) is 21.6 Å². The molecular formula is C15H19N3O4S2. The van der Waals surface area contributed by atoms with Crippen LogP contribution in [-0.2, 0) is 20.0 Å². The van der Waals surface area contributed by atoms with Crippen LogP contribution in [0.15, 0.2) is 41.1 Å². The summed E-state index contributed by atoms with van der Waals surface area (Å²) in [5, 5.41) is 9.62. The van der Waals surface area contributed by atoms with Crippen molar-refractivity contribution in [3.8, 4) is 6.07 Å². The van der Waals surface area contributed by atoms with Crippen molar-refractivity contribution in [2.24, 2.45) is 5.92 Å². The van der Waals surface area contributed by atoms with Gasteiger partial charge in [0.1, 0.15) is 0 Å². The lowest BCUT2D eigenvalue weighted by Gasteiger charge is -2.31. The molecule has 1 aliphatic heterocycles. The van der Waals surface area contributed by atoms with Gasteiger partial charge in [0.2, 0.25) is 20.0 Å². The van der Waals surface area contributed by atoms with Crippen molar-refractivity contribution in [1.82, 2.24) is 9.03 Å². The fraction of sp³-hybridized carbons (Fsp3) is 0.400. The molecule has 1 atom stereocenters. The van der Waals surface area contributed by atoms with Crippen LogP contribution in [0.1, 0.15) is 18.4 Å². The Bertz CT molecular complexity index is 840. The fourth-order valence-corrected chi connectivity index (χ4v) is 4.70. The second-order valence-electron chi connectivity index (χ2n) is 5.57. The molecule has 0 spiro atoms. The van der Waals surface area contributed by atoms with Gasteiger partial charge in [0, 0.05) is 25.0 Å². The Kier molecular flexibility index (Phi) is 5.77. The second kappa shape index (κ2) is 7.44. The summed E-state index contributed by atoms with van der Waals surface area (Å²) in [7, 11) is -7.17. The van der Waals surface area contributed by atoms with E-state index in [1.165, 1.54) is 28.6 Å². The van der Waals surface area contributed by atoms with Crippen molar-refractivity contribution in [3.05, 3.63) is 41.8 Å². The monoisotopic (exact) mass is 369 g/mol. The molecule has 9 heteroatoms. The van der Waals surface area contributed by atoms with Crippen molar-refractivity contribution < 1.29 is 16.8 Å². The van der Waals surface area contributed by atoms with Gasteiger partial charge >= 0.3 is 0 Å². The van der Waals surface area contributed by atoms with E-state index < -0.39 is 20.0 Å². The SMILES string of the molecule is C=CS(=O)(=O)NCC1CCCN(S(=O)(=O)c2ccc(C#N)cc2)C1. The summed E-state index contributed by atoms with van der Waals surface area (Å²) in [5.74, 6) is -0.0957. The minimum Gasteiger partial charge on any atom is -0.211 e. The van der Waals surface area contributed by atoms with Gasteiger partial charge in [0.15, 0.2) is 0 Å². The average molecular weight is 369 g/mol. The first-order valence-electron chi connectivity index (χ1n) is 7.41. The number of nitrogens with one attached hydrogen (secondary N) is 1. The molecule has 1 aromatic carbocycles. The normalized spacial score (nSPS) is 19.5. The van der Waals surface area contributed by atoms with Crippen molar-refractivity contribution in [2.75, 3.05) is 19.6 Å². The standard InChI is InChI=1S/C15H19N3O4S2/c1-2-23(19,20)17-11-14-4-3-9-18(12-14)24(21,22)15-7-5-13(10-16)6-8-15/h2,5-8,14,17H,1,3-4,9,11-12H2. The smallest absolute Gasteiger partial charge is 0.211 e. The lowest BCUT2D eigenvalue weighted by Crippen LogP contribution is -2.43. The number of rotatable bonds is 6. The number of hydrogen-bond acceptors (Lipinski definition) is 5. The Hall–Kier alpha value is -1.73. The van der Waals surface area contributed by atoms with Crippen LogP contribution in [0.3, 0.4) is 0 Å². The second-order valence-corrected chi connectivity index (χ2v) is 9.22. The van der Waals surface area contributed by atoms with Crippen molar-refractivity contribution >= 4 is 20.0 Å². The van der Waals surface area contributed by atoms with E-state index in [4.69, 9.17) is 5.26 Å². The van der Waals surface area contributed by atoms with Crippen molar-refractivity contribution in [2.45, 2.75) is 17.7 Å². The number of hydrogen-bond donors (Lipinski definition) is 1. The Morgan fingerprint density at radius 1 is 1.29 bits per heavy atom. The topological polar surface area (TPSA) is 107 Å². The van der Waals surface area contributed by atoms with Crippen LogP contribution < -0.4 is 4.72 Å². The van der Waals surface area contributed by atoms with E-state index in [2.05, 4.69) is 11.3 Å². The highest BCUT2D eigenvalue weighted by atomic mass is 32.2. The molecule has 0 saturated carbocycles. The summed E-state index contributed by atoms with van der Waals surface area (Å²) in [6.07, 6.45) is 1.41. The van der Waals surface area contributed by atoms with Crippen molar-refractivity contribution in [1.29, 1.82) is 5.26 Å². The van der Waals surface area contributed by atoms with Gasteiger partial charge < -0.3 is 0 Å². The molecule has 1 aromatic rings. The first-order valence-corrected chi connectivity index (χ1v) is 10.4. The summed E-state index contributed by atoms with van der Waals surface area (Å²) < 4.78 is 52.0. The van der Waals surface area contributed by atoms with E-state index in [1.807, 2.05) is 6.07 Å². The summed E-state index contributed by atoms with van der Waals surface area (Å²) in [6, 6.07) is 7.71. The molecular weight excluding hydrogens is 350 g/mol. The maximum Gasteiger partial charge on any atom is 0.243 e. The van der Waals surface area contributed by atoms with E-state index in [9.17, 15) is 16.8 Å². The van der Waals surface area contributed by atoms with E-state index >= 15 is 0 Å². The molecule has 1 heterocycles. The summed E-state index contributed by atoms with van der Waals surface area (Å²) in [5.41, 5.74) is 0.393. The molecule has 0 aromatic heterocycles. The highest BCUT2D eigenvalue weighted by Gasteiger charge is 2.30. The van der Waals surface area contributed by atoms with Crippen molar-refractivity contribution in [3.63, 3.8) is 0 Å². The quantitative estimate of drug-likeness (QED) is 0.805. The number of sulfonamides is 2. The first kappa shape index (κ1) is 18.6. The number of nitrogens with zero attached hydrogens (tertiary/aromatic N) is 2. The van der Waals surface area contributed by atoms with Crippen LogP contribution in [0.4, 0.5) is 0 Å². The van der Waals surface area contributed by atoms with Crippen LogP contribution in [0.2, 0.25) is 0 Å².